The third-order valence-electron chi connectivity index (χ3n) is 5.03. The van der Waals surface area contributed by atoms with Gasteiger partial charge in [0.25, 0.3) is 0 Å². The molecule has 2 heteroatoms. The summed E-state index contributed by atoms with van der Waals surface area (Å²) in [4.78, 5) is 2.18. The number of nitrogens with zero attached hydrogens (tertiary/aromatic N) is 1. The van der Waals surface area contributed by atoms with Crippen LogP contribution in [0.25, 0.3) is 10.8 Å². The van der Waals surface area contributed by atoms with E-state index in [4.69, 9.17) is 0 Å². The molecule has 0 aliphatic carbocycles. The molecular weight excluding hydrogens is 258 g/mol. The number of benzene rings is 2. The van der Waals surface area contributed by atoms with E-state index in [0.29, 0.717) is 6.42 Å². The monoisotopic (exact) mass is 285 g/mol. The van der Waals surface area contributed by atoms with Crippen molar-refractivity contribution in [3.8, 4) is 0 Å². The first-order valence-electron chi connectivity index (χ1n) is 7.87. The Labute approximate surface area is 128 Å². The predicted molar refractivity (Wildman–Crippen MR) is 90.7 cm³/mol. The molecule has 1 atom stereocenters. The number of likely N-dealkylation sites (N-methyl/N-ethyl adjacent to an activating group) is 1. The van der Waals surface area contributed by atoms with Gasteiger partial charge in [-0.25, -0.2) is 0 Å². The molecule has 2 aromatic rings. The van der Waals surface area contributed by atoms with Crippen molar-refractivity contribution in [2.24, 2.45) is 0 Å². The molecule has 0 saturated heterocycles. The van der Waals surface area contributed by atoms with Crippen LogP contribution < -0.4 is 0 Å². The Morgan fingerprint density at radius 1 is 1.00 bits per heavy atom. The third kappa shape index (κ3) is 2.97. The lowest BCUT2D eigenvalue weighted by molar-refractivity contribution is -0.0124. The van der Waals surface area contributed by atoms with E-state index in [1.165, 1.54) is 16.3 Å². The van der Waals surface area contributed by atoms with E-state index in [2.05, 4.69) is 75.3 Å². The van der Waals surface area contributed by atoms with Gasteiger partial charge in [0.05, 0.1) is 6.10 Å². The lowest BCUT2D eigenvalue weighted by Gasteiger charge is -2.42. The number of aliphatic hydroxyl groups is 1. The van der Waals surface area contributed by atoms with Crippen LogP contribution in [0.5, 0.6) is 0 Å². The molecule has 0 saturated carbocycles. The van der Waals surface area contributed by atoms with E-state index in [1.807, 2.05) is 0 Å². The topological polar surface area (TPSA) is 23.5 Å². The molecule has 21 heavy (non-hydrogen) atoms. The van der Waals surface area contributed by atoms with Gasteiger partial charge in [0.2, 0.25) is 0 Å². The fraction of sp³-hybridized carbons (Fsp3) is 0.474. The fourth-order valence-corrected chi connectivity index (χ4v) is 3.52. The van der Waals surface area contributed by atoms with Crippen molar-refractivity contribution < 1.29 is 5.11 Å². The minimum Gasteiger partial charge on any atom is -0.391 e. The molecule has 2 rings (SSSR count). The highest BCUT2D eigenvalue weighted by Gasteiger charge is 2.36. The molecular formula is C19H27NO. The summed E-state index contributed by atoms with van der Waals surface area (Å²) in [6.07, 6.45) is 2.22. The van der Waals surface area contributed by atoms with Crippen molar-refractivity contribution >= 4 is 10.8 Å². The second-order valence-electron chi connectivity index (χ2n) is 6.06. The van der Waals surface area contributed by atoms with Crippen molar-refractivity contribution in [2.45, 2.75) is 44.8 Å². The number of fused-ring (bicyclic) bond motifs is 1. The van der Waals surface area contributed by atoms with Crippen LogP contribution in [0.15, 0.2) is 42.5 Å². The van der Waals surface area contributed by atoms with E-state index >= 15 is 0 Å². The van der Waals surface area contributed by atoms with Gasteiger partial charge in [-0.1, -0.05) is 56.3 Å². The normalized spacial score (nSPS) is 13.8. The predicted octanol–water partition coefficient (Wildman–Crippen LogP) is 3.86. The molecule has 0 fully saturated rings. The van der Waals surface area contributed by atoms with Gasteiger partial charge in [-0.15, -0.1) is 0 Å². The average Bonchev–Trinajstić information content (AvgIpc) is 2.49. The smallest absolute Gasteiger partial charge is 0.0763 e. The van der Waals surface area contributed by atoms with Crippen LogP contribution in [0.1, 0.15) is 32.3 Å². The molecule has 0 radical (unpaired) electrons. The van der Waals surface area contributed by atoms with E-state index in [9.17, 15) is 5.11 Å². The molecule has 0 spiro atoms. The zero-order valence-electron chi connectivity index (χ0n) is 13.6. The van der Waals surface area contributed by atoms with E-state index < -0.39 is 0 Å². The first kappa shape index (κ1) is 16.0. The first-order chi connectivity index (χ1) is 10.0. The maximum absolute atomic E-state index is 10.9. The number of hydrogen-bond acceptors (Lipinski definition) is 2. The fourth-order valence-electron chi connectivity index (χ4n) is 3.52. The number of aliphatic hydroxyl groups excluding tert-OH is 1. The Hall–Kier alpha value is -1.38. The summed E-state index contributed by atoms with van der Waals surface area (Å²) in [5.41, 5.74) is 1.07. The Balaban J connectivity index is 2.35. The SMILES string of the molecule is CCC(CC)(C(O)Cc1cccc2ccccc12)N(C)C. The number of rotatable bonds is 6. The van der Waals surface area contributed by atoms with Gasteiger partial charge in [0.1, 0.15) is 0 Å². The molecule has 0 amide bonds. The van der Waals surface area contributed by atoms with Gasteiger partial charge >= 0.3 is 0 Å². The van der Waals surface area contributed by atoms with Crippen LogP contribution in [-0.2, 0) is 6.42 Å². The molecule has 0 aromatic heterocycles. The molecule has 0 aliphatic rings. The van der Waals surface area contributed by atoms with E-state index in [-0.39, 0.29) is 11.6 Å². The van der Waals surface area contributed by atoms with Crippen molar-refractivity contribution in [2.75, 3.05) is 14.1 Å². The van der Waals surface area contributed by atoms with Crippen molar-refractivity contribution in [1.29, 1.82) is 0 Å². The number of hydrogen-bond donors (Lipinski definition) is 1. The molecule has 0 heterocycles. The van der Waals surface area contributed by atoms with E-state index in [0.717, 1.165) is 12.8 Å². The van der Waals surface area contributed by atoms with Gasteiger partial charge in [-0.2, -0.15) is 0 Å². The Morgan fingerprint density at radius 3 is 2.24 bits per heavy atom. The standard InChI is InChI=1S/C19H27NO/c1-5-19(6-2,20(3)4)18(21)14-16-12-9-11-15-10-7-8-13-17(15)16/h7-13,18,21H,5-6,14H2,1-4H3. The Bertz CT molecular complexity index is 582. The minimum atomic E-state index is -0.367. The van der Waals surface area contributed by atoms with E-state index in [1.54, 1.807) is 0 Å². The Kier molecular flexibility index (Phi) is 5.02. The lowest BCUT2D eigenvalue weighted by atomic mass is 9.81. The highest BCUT2D eigenvalue weighted by Crippen LogP contribution is 2.29. The third-order valence-corrected chi connectivity index (χ3v) is 5.03. The quantitative estimate of drug-likeness (QED) is 0.871. The van der Waals surface area contributed by atoms with Gasteiger partial charge in [0, 0.05) is 12.0 Å². The minimum absolute atomic E-state index is 0.156. The maximum Gasteiger partial charge on any atom is 0.0763 e. The molecule has 0 aliphatic heterocycles. The summed E-state index contributed by atoms with van der Waals surface area (Å²) < 4.78 is 0. The zero-order chi connectivity index (χ0) is 15.5. The summed E-state index contributed by atoms with van der Waals surface area (Å²) in [6.45, 7) is 4.33. The van der Waals surface area contributed by atoms with Crippen LogP contribution in [0, 0.1) is 0 Å². The first-order valence-corrected chi connectivity index (χ1v) is 7.87. The molecule has 1 N–H and O–H groups in total. The van der Waals surface area contributed by atoms with Crippen LogP contribution in [0.2, 0.25) is 0 Å². The maximum atomic E-state index is 10.9. The molecule has 0 bridgehead atoms. The van der Waals surface area contributed by atoms with Crippen LogP contribution in [0.4, 0.5) is 0 Å². The summed E-state index contributed by atoms with van der Waals surface area (Å²) in [7, 11) is 4.14. The van der Waals surface area contributed by atoms with Crippen LogP contribution >= 0.6 is 0 Å². The average molecular weight is 285 g/mol. The zero-order valence-corrected chi connectivity index (χ0v) is 13.6. The highest BCUT2D eigenvalue weighted by atomic mass is 16.3. The van der Waals surface area contributed by atoms with Gasteiger partial charge < -0.3 is 10.0 Å². The largest absolute Gasteiger partial charge is 0.391 e. The molecule has 2 aromatic carbocycles. The summed E-state index contributed by atoms with van der Waals surface area (Å²) >= 11 is 0. The second kappa shape index (κ2) is 6.59. The van der Waals surface area contributed by atoms with Crippen LogP contribution in [-0.4, -0.2) is 35.7 Å². The lowest BCUT2D eigenvalue weighted by Crippen LogP contribution is -2.53. The van der Waals surface area contributed by atoms with Gasteiger partial charge in [0.15, 0.2) is 0 Å². The highest BCUT2D eigenvalue weighted by molar-refractivity contribution is 5.85. The van der Waals surface area contributed by atoms with Gasteiger partial charge in [-0.05, 0) is 43.3 Å². The van der Waals surface area contributed by atoms with Gasteiger partial charge in [-0.3, -0.25) is 0 Å². The molecule has 2 nitrogen and oxygen atoms in total. The molecule has 1 unspecified atom stereocenters. The summed E-state index contributed by atoms with van der Waals surface area (Å²) in [5.74, 6) is 0. The van der Waals surface area contributed by atoms with Crippen molar-refractivity contribution in [3.63, 3.8) is 0 Å². The Morgan fingerprint density at radius 2 is 1.62 bits per heavy atom. The summed E-state index contributed by atoms with van der Waals surface area (Å²) in [6, 6.07) is 14.7. The molecule has 114 valence electrons. The second-order valence-corrected chi connectivity index (χ2v) is 6.06. The van der Waals surface area contributed by atoms with Crippen molar-refractivity contribution in [1.82, 2.24) is 4.90 Å². The van der Waals surface area contributed by atoms with Crippen molar-refractivity contribution in [3.05, 3.63) is 48.0 Å². The van der Waals surface area contributed by atoms with Crippen LogP contribution in [0.3, 0.4) is 0 Å². The summed E-state index contributed by atoms with van der Waals surface area (Å²) in [5, 5.41) is 13.4.